The quantitative estimate of drug-likeness (QED) is 0.337. The van der Waals surface area contributed by atoms with Crippen molar-refractivity contribution in [2.75, 3.05) is 20.3 Å². The highest BCUT2D eigenvalue weighted by atomic mass is 16.5. The number of ether oxygens (including phenoxy) is 1. The van der Waals surface area contributed by atoms with E-state index in [4.69, 9.17) is 4.74 Å². The van der Waals surface area contributed by atoms with Crippen LogP contribution in [-0.2, 0) is 14.3 Å². The van der Waals surface area contributed by atoms with Gasteiger partial charge in [-0.2, -0.15) is 0 Å². The molecule has 5 nitrogen and oxygen atoms in total. The molecule has 1 fully saturated rings. The highest BCUT2D eigenvalue weighted by Gasteiger charge is 2.43. The molecule has 1 heterocycles. The Morgan fingerprint density at radius 1 is 1.10 bits per heavy atom. The third-order valence-electron chi connectivity index (χ3n) is 4.93. The summed E-state index contributed by atoms with van der Waals surface area (Å²) in [4.78, 5) is 27.0. The molecule has 150 valence electrons. The number of benzene rings is 2. The van der Waals surface area contributed by atoms with Crippen molar-refractivity contribution < 1.29 is 19.4 Å². The zero-order chi connectivity index (χ0) is 20.8. The van der Waals surface area contributed by atoms with Gasteiger partial charge in [0.15, 0.2) is 0 Å². The second-order valence-electron chi connectivity index (χ2n) is 7.02. The number of aliphatic hydroxyl groups excluding tert-OH is 1. The second-order valence-corrected chi connectivity index (χ2v) is 7.02. The van der Waals surface area contributed by atoms with E-state index >= 15 is 0 Å². The Bertz CT molecular complexity index is 929. The van der Waals surface area contributed by atoms with E-state index < -0.39 is 17.7 Å². The van der Waals surface area contributed by atoms with E-state index in [2.05, 4.69) is 0 Å². The number of carbonyl (C=O) groups excluding carboxylic acids is 2. The number of hydrogen-bond acceptors (Lipinski definition) is 4. The minimum atomic E-state index is -0.664. The van der Waals surface area contributed by atoms with E-state index in [0.717, 1.165) is 11.1 Å². The summed E-state index contributed by atoms with van der Waals surface area (Å²) < 4.78 is 5.08. The molecule has 1 atom stereocenters. The van der Waals surface area contributed by atoms with Gasteiger partial charge in [-0.3, -0.25) is 9.59 Å². The van der Waals surface area contributed by atoms with Crippen molar-refractivity contribution in [3.63, 3.8) is 0 Å². The largest absolute Gasteiger partial charge is 0.507 e. The average Bonchev–Trinajstić information content (AvgIpc) is 2.97. The molecule has 0 radical (unpaired) electrons. The second kappa shape index (κ2) is 9.34. The van der Waals surface area contributed by atoms with E-state index in [1.807, 2.05) is 55.5 Å². The first-order chi connectivity index (χ1) is 14.0. The van der Waals surface area contributed by atoms with Crippen LogP contribution in [0.25, 0.3) is 11.8 Å². The van der Waals surface area contributed by atoms with Crippen LogP contribution in [0.5, 0.6) is 0 Å². The number of aliphatic hydroxyl groups is 1. The molecule has 1 aliphatic rings. The molecule has 1 amide bonds. The number of rotatable bonds is 7. The first kappa shape index (κ1) is 20.6. The van der Waals surface area contributed by atoms with Gasteiger partial charge in [-0.05, 0) is 18.9 Å². The summed E-state index contributed by atoms with van der Waals surface area (Å²) in [5, 5.41) is 10.9. The minimum Gasteiger partial charge on any atom is -0.507 e. The lowest BCUT2D eigenvalue weighted by atomic mass is 9.99. The molecule has 1 N–H and O–H groups in total. The van der Waals surface area contributed by atoms with Gasteiger partial charge in [0.25, 0.3) is 11.7 Å². The number of likely N-dealkylation sites (tertiary alicyclic amines) is 1. The first-order valence-corrected chi connectivity index (χ1v) is 9.60. The summed E-state index contributed by atoms with van der Waals surface area (Å²) in [6.07, 6.45) is 4.26. The maximum absolute atomic E-state index is 12.8. The molecule has 0 saturated carbocycles. The summed E-state index contributed by atoms with van der Waals surface area (Å²) in [5.74, 6) is -1.42. The van der Waals surface area contributed by atoms with Crippen LogP contribution in [-0.4, -0.2) is 48.0 Å². The summed E-state index contributed by atoms with van der Waals surface area (Å²) in [6.45, 7) is 2.80. The average molecular weight is 391 g/mol. The Balaban J connectivity index is 2.02. The molecular formula is C24H25NO4. The Hall–Kier alpha value is -3.18. The standard InChI is InChI=1S/C24H25NO4/c1-17-9-12-19(13-10-17)22(26)21-20(14-11-18-7-4-3-5-8-18)25(15-6-16-29-2)24(28)23(21)27/h3-5,7-14,20,26H,6,15-16H2,1-2H3/b14-11+,22-21?. The Labute approximate surface area is 170 Å². The number of nitrogens with zero attached hydrogens (tertiary/aromatic N) is 1. The van der Waals surface area contributed by atoms with Gasteiger partial charge < -0.3 is 14.7 Å². The van der Waals surface area contributed by atoms with Gasteiger partial charge in [-0.15, -0.1) is 0 Å². The molecule has 1 aliphatic heterocycles. The smallest absolute Gasteiger partial charge is 0.295 e. The number of carbonyl (C=O) groups is 2. The zero-order valence-corrected chi connectivity index (χ0v) is 16.7. The topological polar surface area (TPSA) is 66.8 Å². The highest BCUT2D eigenvalue weighted by Crippen LogP contribution is 2.30. The predicted molar refractivity (Wildman–Crippen MR) is 113 cm³/mol. The number of ketones is 1. The normalized spacial score (nSPS) is 18.7. The third kappa shape index (κ3) is 4.63. The van der Waals surface area contributed by atoms with Crippen LogP contribution in [0, 0.1) is 6.92 Å². The van der Waals surface area contributed by atoms with Crippen molar-refractivity contribution in [2.24, 2.45) is 0 Å². The Morgan fingerprint density at radius 2 is 1.79 bits per heavy atom. The SMILES string of the molecule is COCCCN1C(=O)C(=O)C(=C(O)c2ccc(C)cc2)C1/C=C/c1ccccc1. The van der Waals surface area contributed by atoms with Crippen molar-refractivity contribution in [2.45, 2.75) is 19.4 Å². The predicted octanol–water partition coefficient (Wildman–Crippen LogP) is 3.79. The molecular weight excluding hydrogens is 366 g/mol. The Kier molecular flexibility index (Phi) is 6.62. The van der Waals surface area contributed by atoms with Crippen LogP contribution in [0.15, 0.2) is 66.2 Å². The van der Waals surface area contributed by atoms with Crippen LogP contribution < -0.4 is 0 Å². The molecule has 0 aromatic heterocycles. The summed E-state index contributed by atoms with van der Waals surface area (Å²) >= 11 is 0. The van der Waals surface area contributed by atoms with Gasteiger partial charge in [0.2, 0.25) is 0 Å². The summed E-state index contributed by atoms with van der Waals surface area (Å²) in [7, 11) is 1.60. The molecule has 1 saturated heterocycles. The van der Waals surface area contributed by atoms with Crippen molar-refractivity contribution in [3.05, 3.63) is 82.9 Å². The number of Topliss-reactive ketones (excluding diaryl/α,β-unsaturated/α-hetero) is 1. The lowest BCUT2D eigenvalue weighted by Crippen LogP contribution is -2.34. The van der Waals surface area contributed by atoms with Crippen LogP contribution in [0.2, 0.25) is 0 Å². The number of aryl methyl sites for hydroxylation is 1. The van der Waals surface area contributed by atoms with E-state index in [1.165, 1.54) is 4.90 Å². The number of hydrogen-bond donors (Lipinski definition) is 1. The van der Waals surface area contributed by atoms with Gasteiger partial charge in [-0.25, -0.2) is 0 Å². The molecule has 5 heteroatoms. The third-order valence-corrected chi connectivity index (χ3v) is 4.93. The van der Waals surface area contributed by atoms with E-state index in [9.17, 15) is 14.7 Å². The molecule has 2 aromatic rings. The van der Waals surface area contributed by atoms with Crippen LogP contribution >= 0.6 is 0 Å². The van der Waals surface area contributed by atoms with Gasteiger partial charge in [-0.1, -0.05) is 72.3 Å². The molecule has 0 aliphatic carbocycles. The Morgan fingerprint density at radius 3 is 2.45 bits per heavy atom. The van der Waals surface area contributed by atoms with E-state index in [0.29, 0.717) is 25.1 Å². The monoisotopic (exact) mass is 391 g/mol. The van der Waals surface area contributed by atoms with Crippen LogP contribution in [0.4, 0.5) is 0 Å². The van der Waals surface area contributed by atoms with Gasteiger partial charge >= 0.3 is 0 Å². The maximum Gasteiger partial charge on any atom is 0.295 e. The fraction of sp³-hybridized carbons (Fsp3) is 0.250. The fourth-order valence-corrected chi connectivity index (χ4v) is 3.36. The number of amides is 1. The molecule has 2 aromatic carbocycles. The van der Waals surface area contributed by atoms with E-state index in [-0.39, 0.29) is 11.3 Å². The van der Waals surface area contributed by atoms with Crippen LogP contribution in [0.1, 0.15) is 23.1 Å². The summed E-state index contributed by atoms with van der Waals surface area (Å²) in [5.41, 5.74) is 2.62. The molecule has 0 spiro atoms. The number of methoxy groups -OCH3 is 1. The first-order valence-electron chi connectivity index (χ1n) is 9.60. The molecule has 3 rings (SSSR count). The van der Waals surface area contributed by atoms with Gasteiger partial charge in [0.05, 0.1) is 11.6 Å². The van der Waals surface area contributed by atoms with Crippen LogP contribution in [0.3, 0.4) is 0 Å². The fourth-order valence-electron chi connectivity index (χ4n) is 3.36. The van der Waals surface area contributed by atoms with Crippen molar-refractivity contribution >= 4 is 23.5 Å². The highest BCUT2D eigenvalue weighted by molar-refractivity contribution is 6.47. The van der Waals surface area contributed by atoms with Crippen molar-refractivity contribution in [1.29, 1.82) is 0 Å². The summed E-state index contributed by atoms with van der Waals surface area (Å²) in [6, 6.07) is 16.2. The maximum atomic E-state index is 12.8. The molecule has 1 unspecified atom stereocenters. The van der Waals surface area contributed by atoms with Gasteiger partial charge in [0, 0.05) is 25.8 Å². The van der Waals surface area contributed by atoms with Gasteiger partial charge in [0.1, 0.15) is 5.76 Å². The minimum absolute atomic E-state index is 0.114. The zero-order valence-electron chi connectivity index (χ0n) is 16.7. The lowest BCUT2D eigenvalue weighted by Gasteiger charge is -2.22. The lowest BCUT2D eigenvalue weighted by molar-refractivity contribution is -0.139. The molecule has 29 heavy (non-hydrogen) atoms. The van der Waals surface area contributed by atoms with Crippen molar-refractivity contribution in [3.8, 4) is 0 Å². The van der Waals surface area contributed by atoms with E-state index in [1.54, 1.807) is 25.3 Å². The van der Waals surface area contributed by atoms with Crippen molar-refractivity contribution in [1.82, 2.24) is 4.90 Å². The molecule has 0 bridgehead atoms.